The van der Waals surface area contributed by atoms with Crippen molar-refractivity contribution in [2.45, 2.75) is 18.8 Å². The fourth-order valence-electron chi connectivity index (χ4n) is 1.96. The van der Waals surface area contributed by atoms with E-state index in [0.29, 0.717) is 23.1 Å². The van der Waals surface area contributed by atoms with Crippen molar-refractivity contribution in [3.63, 3.8) is 0 Å². The number of nitro groups is 1. The summed E-state index contributed by atoms with van der Waals surface area (Å²) in [4.78, 5) is 19.0. The number of nitrogens with zero attached hydrogens (tertiary/aromatic N) is 3. The Hall–Kier alpha value is -2.50. The summed E-state index contributed by atoms with van der Waals surface area (Å²) in [6.45, 7) is 0. The Morgan fingerprint density at radius 1 is 1.26 bits per heavy atom. The SMILES string of the molecule is Nc1cc(C2CC2)nc(-c2cccc([N+](=O)[O-])c2)n1. The Balaban J connectivity index is 2.05. The van der Waals surface area contributed by atoms with Gasteiger partial charge < -0.3 is 5.73 Å². The summed E-state index contributed by atoms with van der Waals surface area (Å²) in [6, 6.07) is 8.05. The highest BCUT2D eigenvalue weighted by Gasteiger charge is 2.26. The molecule has 96 valence electrons. The maximum absolute atomic E-state index is 10.8. The third-order valence-corrected chi connectivity index (χ3v) is 3.08. The van der Waals surface area contributed by atoms with Crippen LogP contribution in [0.25, 0.3) is 11.4 Å². The number of nitrogen functional groups attached to an aromatic ring is 1. The molecule has 0 bridgehead atoms. The molecule has 3 rings (SSSR count). The lowest BCUT2D eigenvalue weighted by Gasteiger charge is -2.05. The van der Waals surface area contributed by atoms with Crippen molar-refractivity contribution in [2.24, 2.45) is 0 Å². The molecular formula is C13H12N4O2. The number of nitro benzene ring substituents is 1. The maximum atomic E-state index is 10.8. The van der Waals surface area contributed by atoms with Gasteiger partial charge in [0, 0.05) is 35.4 Å². The second-order valence-corrected chi connectivity index (χ2v) is 4.62. The molecule has 0 aliphatic heterocycles. The molecule has 6 heteroatoms. The molecule has 1 aromatic heterocycles. The quantitative estimate of drug-likeness (QED) is 0.672. The van der Waals surface area contributed by atoms with Crippen LogP contribution in [0, 0.1) is 10.1 Å². The van der Waals surface area contributed by atoms with Crippen LogP contribution in [0.1, 0.15) is 24.5 Å². The van der Waals surface area contributed by atoms with Gasteiger partial charge in [-0.25, -0.2) is 9.97 Å². The van der Waals surface area contributed by atoms with Crippen LogP contribution in [0.15, 0.2) is 30.3 Å². The summed E-state index contributed by atoms with van der Waals surface area (Å²) in [5, 5.41) is 10.8. The lowest BCUT2D eigenvalue weighted by Crippen LogP contribution is -2.00. The van der Waals surface area contributed by atoms with E-state index in [4.69, 9.17) is 5.73 Å². The molecule has 1 fully saturated rings. The number of rotatable bonds is 3. The number of anilines is 1. The Kier molecular flexibility index (Phi) is 2.63. The van der Waals surface area contributed by atoms with E-state index in [1.54, 1.807) is 18.2 Å². The Morgan fingerprint density at radius 3 is 2.74 bits per heavy atom. The van der Waals surface area contributed by atoms with Crippen molar-refractivity contribution in [3.05, 3.63) is 46.1 Å². The summed E-state index contributed by atoms with van der Waals surface area (Å²) in [6.07, 6.45) is 2.23. The molecule has 2 N–H and O–H groups in total. The van der Waals surface area contributed by atoms with Crippen molar-refractivity contribution < 1.29 is 4.92 Å². The summed E-state index contributed by atoms with van der Waals surface area (Å²) >= 11 is 0. The monoisotopic (exact) mass is 256 g/mol. The van der Waals surface area contributed by atoms with Gasteiger partial charge in [0.05, 0.1) is 4.92 Å². The van der Waals surface area contributed by atoms with Crippen molar-refractivity contribution >= 4 is 11.5 Å². The Bertz CT molecular complexity index is 653. The van der Waals surface area contributed by atoms with E-state index in [1.165, 1.54) is 12.1 Å². The second-order valence-electron chi connectivity index (χ2n) is 4.62. The molecule has 0 radical (unpaired) electrons. The van der Waals surface area contributed by atoms with Gasteiger partial charge in [-0.1, -0.05) is 12.1 Å². The van der Waals surface area contributed by atoms with Gasteiger partial charge in [-0.3, -0.25) is 10.1 Å². The number of nitrogens with two attached hydrogens (primary N) is 1. The number of benzene rings is 1. The van der Waals surface area contributed by atoms with Crippen LogP contribution >= 0.6 is 0 Å². The fraction of sp³-hybridized carbons (Fsp3) is 0.231. The van der Waals surface area contributed by atoms with Crippen LogP contribution in [0.3, 0.4) is 0 Å². The van der Waals surface area contributed by atoms with Crippen LogP contribution in [0.2, 0.25) is 0 Å². The van der Waals surface area contributed by atoms with E-state index < -0.39 is 4.92 Å². The zero-order chi connectivity index (χ0) is 13.4. The lowest BCUT2D eigenvalue weighted by atomic mass is 10.1. The van der Waals surface area contributed by atoms with E-state index in [1.807, 2.05) is 0 Å². The molecule has 1 aliphatic rings. The zero-order valence-electron chi connectivity index (χ0n) is 10.1. The van der Waals surface area contributed by atoms with Crippen LogP contribution in [0.5, 0.6) is 0 Å². The number of aromatic nitrogens is 2. The highest BCUT2D eigenvalue weighted by Crippen LogP contribution is 2.40. The van der Waals surface area contributed by atoms with Gasteiger partial charge in [-0.05, 0) is 12.8 Å². The summed E-state index contributed by atoms with van der Waals surface area (Å²) < 4.78 is 0. The van der Waals surface area contributed by atoms with Crippen LogP contribution < -0.4 is 5.73 Å². The third kappa shape index (κ3) is 2.37. The molecule has 1 aromatic carbocycles. The van der Waals surface area contributed by atoms with Crippen LogP contribution in [-0.4, -0.2) is 14.9 Å². The average Bonchev–Trinajstić information content (AvgIpc) is 3.22. The Morgan fingerprint density at radius 2 is 2.05 bits per heavy atom. The van der Waals surface area contributed by atoms with Gasteiger partial charge in [0.2, 0.25) is 0 Å². The van der Waals surface area contributed by atoms with Gasteiger partial charge >= 0.3 is 0 Å². The Labute approximate surface area is 109 Å². The molecule has 0 saturated heterocycles. The predicted octanol–water partition coefficient (Wildman–Crippen LogP) is 2.51. The molecule has 0 spiro atoms. The van der Waals surface area contributed by atoms with Crippen molar-refractivity contribution in [1.82, 2.24) is 9.97 Å². The van der Waals surface area contributed by atoms with E-state index in [9.17, 15) is 10.1 Å². The largest absolute Gasteiger partial charge is 0.384 e. The summed E-state index contributed by atoms with van der Waals surface area (Å²) in [5.41, 5.74) is 7.34. The van der Waals surface area contributed by atoms with Crippen molar-refractivity contribution in [1.29, 1.82) is 0 Å². The average molecular weight is 256 g/mol. The van der Waals surface area contributed by atoms with Crippen molar-refractivity contribution in [2.75, 3.05) is 5.73 Å². The highest BCUT2D eigenvalue weighted by atomic mass is 16.6. The highest BCUT2D eigenvalue weighted by molar-refractivity contribution is 5.60. The molecule has 0 unspecified atom stereocenters. The lowest BCUT2D eigenvalue weighted by molar-refractivity contribution is -0.384. The van der Waals surface area contributed by atoms with E-state index in [2.05, 4.69) is 9.97 Å². The first-order chi connectivity index (χ1) is 9.13. The number of non-ortho nitro benzene ring substituents is 1. The van der Waals surface area contributed by atoms with Gasteiger partial charge in [-0.2, -0.15) is 0 Å². The van der Waals surface area contributed by atoms with Crippen LogP contribution in [0.4, 0.5) is 11.5 Å². The molecule has 1 heterocycles. The van der Waals surface area contributed by atoms with E-state index in [-0.39, 0.29) is 5.69 Å². The fourth-order valence-corrected chi connectivity index (χ4v) is 1.96. The van der Waals surface area contributed by atoms with Gasteiger partial charge in [0.1, 0.15) is 5.82 Å². The molecule has 6 nitrogen and oxygen atoms in total. The van der Waals surface area contributed by atoms with Crippen molar-refractivity contribution in [3.8, 4) is 11.4 Å². The summed E-state index contributed by atoms with van der Waals surface area (Å²) in [7, 11) is 0. The van der Waals surface area contributed by atoms with Gasteiger partial charge in [0.25, 0.3) is 5.69 Å². The zero-order valence-corrected chi connectivity index (χ0v) is 10.1. The molecule has 1 aliphatic carbocycles. The minimum Gasteiger partial charge on any atom is -0.384 e. The topological polar surface area (TPSA) is 94.9 Å². The molecule has 0 atom stereocenters. The number of hydrogen-bond donors (Lipinski definition) is 1. The standard InChI is InChI=1S/C13H12N4O2/c14-12-7-11(8-4-5-8)15-13(16-12)9-2-1-3-10(6-9)17(18)19/h1-3,6-8H,4-5H2,(H2,14,15,16). The van der Waals surface area contributed by atoms with Gasteiger partial charge in [-0.15, -0.1) is 0 Å². The second kappa shape index (κ2) is 4.31. The van der Waals surface area contributed by atoms with E-state index in [0.717, 1.165) is 18.5 Å². The molecule has 1 saturated carbocycles. The van der Waals surface area contributed by atoms with Gasteiger partial charge in [0.15, 0.2) is 5.82 Å². The normalized spacial score (nSPS) is 14.3. The number of hydrogen-bond acceptors (Lipinski definition) is 5. The smallest absolute Gasteiger partial charge is 0.270 e. The maximum Gasteiger partial charge on any atom is 0.270 e. The molecular weight excluding hydrogens is 244 g/mol. The first kappa shape index (κ1) is 11.6. The summed E-state index contributed by atoms with van der Waals surface area (Å²) in [5.74, 6) is 1.31. The predicted molar refractivity (Wildman–Crippen MR) is 70.5 cm³/mol. The molecule has 0 amide bonds. The molecule has 2 aromatic rings. The minimum atomic E-state index is -0.433. The first-order valence-corrected chi connectivity index (χ1v) is 6.03. The minimum absolute atomic E-state index is 0.0245. The van der Waals surface area contributed by atoms with Crippen LogP contribution in [-0.2, 0) is 0 Å². The third-order valence-electron chi connectivity index (χ3n) is 3.08. The first-order valence-electron chi connectivity index (χ1n) is 6.03. The molecule has 19 heavy (non-hydrogen) atoms. The van der Waals surface area contributed by atoms with E-state index >= 15 is 0 Å².